The Morgan fingerprint density at radius 1 is 1.16 bits per heavy atom. The quantitative estimate of drug-likeness (QED) is 0.873. The number of anilines is 1. The highest BCUT2D eigenvalue weighted by Gasteiger charge is 2.18. The zero-order valence-corrected chi connectivity index (χ0v) is 11.0. The minimum atomic E-state index is -0.520. The van der Waals surface area contributed by atoms with Crippen LogP contribution in [0.4, 0.5) is 5.69 Å². The van der Waals surface area contributed by atoms with Crippen LogP contribution in [-0.4, -0.2) is 11.8 Å². The van der Waals surface area contributed by atoms with E-state index in [1.807, 2.05) is 0 Å². The van der Waals surface area contributed by atoms with Crippen LogP contribution in [0.1, 0.15) is 48.9 Å². The van der Waals surface area contributed by atoms with Gasteiger partial charge in [-0.05, 0) is 30.9 Å². The first kappa shape index (κ1) is 13.6. The maximum atomic E-state index is 12.0. The largest absolute Gasteiger partial charge is 0.366 e. The van der Waals surface area contributed by atoms with Crippen molar-refractivity contribution in [3.63, 3.8) is 0 Å². The Balaban J connectivity index is 1.96. The summed E-state index contributed by atoms with van der Waals surface area (Å²) in [5.41, 5.74) is 6.15. The van der Waals surface area contributed by atoms with Crippen LogP contribution in [0.2, 0.25) is 0 Å². The molecule has 2 amide bonds. The minimum Gasteiger partial charge on any atom is -0.366 e. The first-order valence-electron chi connectivity index (χ1n) is 6.85. The molecule has 19 heavy (non-hydrogen) atoms. The van der Waals surface area contributed by atoms with Gasteiger partial charge in [-0.15, -0.1) is 0 Å². The topological polar surface area (TPSA) is 72.2 Å². The summed E-state index contributed by atoms with van der Waals surface area (Å²) >= 11 is 0. The second-order valence-electron chi connectivity index (χ2n) is 5.17. The lowest BCUT2D eigenvalue weighted by Crippen LogP contribution is -2.21. The number of carbonyl (C=O) groups excluding carboxylic acids is 2. The molecule has 1 aliphatic carbocycles. The molecule has 4 heteroatoms. The van der Waals surface area contributed by atoms with E-state index in [2.05, 4.69) is 5.32 Å². The molecule has 1 aromatic rings. The predicted molar refractivity (Wildman–Crippen MR) is 74.8 cm³/mol. The van der Waals surface area contributed by atoms with Gasteiger partial charge in [0.2, 0.25) is 5.91 Å². The molecule has 4 nitrogen and oxygen atoms in total. The third-order valence-electron chi connectivity index (χ3n) is 3.67. The van der Waals surface area contributed by atoms with E-state index in [4.69, 9.17) is 5.73 Å². The Kier molecular flexibility index (Phi) is 4.55. The van der Waals surface area contributed by atoms with Gasteiger partial charge in [-0.2, -0.15) is 0 Å². The molecular formula is C15H20N2O2. The van der Waals surface area contributed by atoms with Gasteiger partial charge in [-0.3, -0.25) is 9.59 Å². The van der Waals surface area contributed by atoms with Crippen LogP contribution in [0, 0.1) is 5.92 Å². The molecule has 0 bridgehead atoms. The lowest BCUT2D eigenvalue weighted by atomic mass is 9.87. The van der Waals surface area contributed by atoms with Gasteiger partial charge in [0.15, 0.2) is 0 Å². The van der Waals surface area contributed by atoms with Gasteiger partial charge >= 0.3 is 0 Å². The number of hydrogen-bond acceptors (Lipinski definition) is 2. The maximum absolute atomic E-state index is 12.0. The fourth-order valence-electron chi connectivity index (χ4n) is 2.66. The number of benzene rings is 1. The van der Waals surface area contributed by atoms with E-state index in [1.54, 1.807) is 24.3 Å². The van der Waals surface area contributed by atoms with E-state index >= 15 is 0 Å². The highest BCUT2D eigenvalue weighted by Crippen LogP contribution is 2.26. The van der Waals surface area contributed by atoms with E-state index in [0.29, 0.717) is 23.6 Å². The molecule has 2 rings (SSSR count). The number of nitrogens with two attached hydrogens (primary N) is 1. The van der Waals surface area contributed by atoms with Crippen molar-refractivity contribution in [2.45, 2.75) is 38.5 Å². The Bertz CT molecular complexity index is 465. The smallest absolute Gasteiger partial charge is 0.250 e. The normalized spacial score (nSPS) is 16.0. The third kappa shape index (κ3) is 3.81. The number of hydrogen-bond donors (Lipinski definition) is 2. The van der Waals surface area contributed by atoms with Crippen molar-refractivity contribution in [1.82, 2.24) is 0 Å². The summed E-state index contributed by atoms with van der Waals surface area (Å²) in [6.45, 7) is 0. The second-order valence-corrected chi connectivity index (χ2v) is 5.17. The number of primary amides is 1. The van der Waals surface area contributed by atoms with Crippen LogP contribution in [0.25, 0.3) is 0 Å². The van der Waals surface area contributed by atoms with Crippen LogP contribution < -0.4 is 11.1 Å². The van der Waals surface area contributed by atoms with Crippen molar-refractivity contribution >= 4 is 17.5 Å². The van der Waals surface area contributed by atoms with E-state index in [-0.39, 0.29) is 5.91 Å². The first-order chi connectivity index (χ1) is 9.16. The van der Waals surface area contributed by atoms with Crippen molar-refractivity contribution in [2.75, 3.05) is 5.32 Å². The van der Waals surface area contributed by atoms with Gasteiger partial charge in [-0.25, -0.2) is 0 Å². The number of rotatable bonds is 4. The molecule has 0 unspecified atom stereocenters. The van der Waals surface area contributed by atoms with Crippen molar-refractivity contribution in [2.24, 2.45) is 11.7 Å². The van der Waals surface area contributed by atoms with Gasteiger partial charge < -0.3 is 11.1 Å². The van der Waals surface area contributed by atoms with Crippen LogP contribution in [-0.2, 0) is 4.79 Å². The second kappa shape index (κ2) is 6.36. The summed E-state index contributed by atoms with van der Waals surface area (Å²) < 4.78 is 0. The molecule has 1 saturated carbocycles. The molecular weight excluding hydrogens is 240 g/mol. The van der Waals surface area contributed by atoms with E-state index in [0.717, 1.165) is 12.8 Å². The van der Waals surface area contributed by atoms with Crippen molar-refractivity contribution in [1.29, 1.82) is 0 Å². The first-order valence-corrected chi connectivity index (χ1v) is 6.85. The van der Waals surface area contributed by atoms with E-state index < -0.39 is 5.91 Å². The summed E-state index contributed by atoms with van der Waals surface area (Å²) in [6.07, 6.45) is 6.51. The van der Waals surface area contributed by atoms with Crippen molar-refractivity contribution in [3.05, 3.63) is 29.8 Å². The summed E-state index contributed by atoms with van der Waals surface area (Å²) in [4.78, 5) is 23.3. The van der Waals surface area contributed by atoms with Gasteiger partial charge in [0.25, 0.3) is 5.91 Å². The van der Waals surface area contributed by atoms with Crippen molar-refractivity contribution < 1.29 is 9.59 Å². The Morgan fingerprint density at radius 3 is 2.53 bits per heavy atom. The molecule has 0 spiro atoms. The Morgan fingerprint density at radius 2 is 1.84 bits per heavy atom. The number of para-hydroxylation sites is 1. The van der Waals surface area contributed by atoms with Gasteiger partial charge in [0, 0.05) is 6.42 Å². The summed E-state index contributed by atoms with van der Waals surface area (Å²) in [5, 5.41) is 2.80. The molecule has 0 aliphatic heterocycles. The fraction of sp³-hybridized carbons (Fsp3) is 0.467. The molecule has 0 aromatic heterocycles. The van der Waals surface area contributed by atoms with Gasteiger partial charge in [0.05, 0.1) is 11.3 Å². The van der Waals surface area contributed by atoms with Crippen LogP contribution in [0.3, 0.4) is 0 Å². The van der Waals surface area contributed by atoms with Crippen LogP contribution in [0.5, 0.6) is 0 Å². The average molecular weight is 260 g/mol. The molecule has 0 atom stereocenters. The molecule has 0 heterocycles. The molecule has 1 aromatic carbocycles. The third-order valence-corrected chi connectivity index (χ3v) is 3.67. The van der Waals surface area contributed by atoms with Gasteiger partial charge in [0.1, 0.15) is 0 Å². The SMILES string of the molecule is NC(=O)c1ccccc1NC(=O)CC1CCCCC1. The lowest BCUT2D eigenvalue weighted by molar-refractivity contribution is -0.117. The highest BCUT2D eigenvalue weighted by atomic mass is 16.2. The zero-order valence-electron chi connectivity index (χ0n) is 11.0. The van der Waals surface area contributed by atoms with Crippen molar-refractivity contribution in [3.8, 4) is 0 Å². The number of carbonyl (C=O) groups is 2. The molecule has 0 saturated heterocycles. The fourth-order valence-corrected chi connectivity index (χ4v) is 2.66. The minimum absolute atomic E-state index is 0.0272. The molecule has 102 valence electrons. The van der Waals surface area contributed by atoms with E-state index in [1.165, 1.54) is 19.3 Å². The monoisotopic (exact) mass is 260 g/mol. The number of nitrogens with one attached hydrogen (secondary N) is 1. The Hall–Kier alpha value is -1.84. The molecule has 1 fully saturated rings. The van der Waals surface area contributed by atoms with Gasteiger partial charge in [-0.1, -0.05) is 31.4 Å². The molecule has 3 N–H and O–H groups in total. The highest BCUT2D eigenvalue weighted by molar-refractivity contribution is 6.02. The lowest BCUT2D eigenvalue weighted by Gasteiger charge is -2.21. The summed E-state index contributed by atoms with van der Waals surface area (Å²) in [6, 6.07) is 6.84. The van der Waals surface area contributed by atoms with E-state index in [9.17, 15) is 9.59 Å². The zero-order chi connectivity index (χ0) is 13.7. The molecule has 1 aliphatic rings. The number of amides is 2. The standard InChI is InChI=1S/C15H20N2O2/c16-15(19)12-8-4-5-9-13(12)17-14(18)10-11-6-2-1-3-7-11/h4-5,8-9,11H,1-3,6-7,10H2,(H2,16,19)(H,17,18). The summed E-state index contributed by atoms with van der Waals surface area (Å²) in [7, 11) is 0. The summed E-state index contributed by atoms with van der Waals surface area (Å²) in [5.74, 6) is -0.0661. The Labute approximate surface area is 113 Å². The van der Waals surface area contributed by atoms with Crippen LogP contribution in [0.15, 0.2) is 24.3 Å². The average Bonchev–Trinajstić information content (AvgIpc) is 2.40. The maximum Gasteiger partial charge on any atom is 0.250 e. The predicted octanol–water partition coefficient (Wildman–Crippen LogP) is 2.69. The van der Waals surface area contributed by atoms with Crippen LogP contribution >= 0.6 is 0 Å². The molecule has 0 radical (unpaired) electrons.